The Labute approximate surface area is 119 Å². The Balaban J connectivity index is 1.80. The number of carbonyl (C=O) groups excluding carboxylic acids is 1. The molecule has 1 amide bonds. The maximum atomic E-state index is 11.5. The SMILES string of the molecule is CC(C)CNC(=O)/C=C/C=C/C1=CC2=C(CC1)OCO2. The van der Waals surface area contributed by atoms with Crippen LogP contribution in [0.4, 0.5) is 0 Å². The number of hydrogen-bond donors (Lipinski definition) is 1. The van der Waals surface area contributed by atoms with Crippen molar-refractivity contribution < 1.29 is 14.3 Å². The van der Waals surface area contributed by atoms with Crippen molar-refractivity contribution in [2.45, 2.75) is 26.7 Å². The monoisotopic (exact) mass is 275 g/mol. The van der Waals surface area contributed by atoms with Gasteiger partial charge in [0.1, 0.15) is 5.76 Å². The van der Waals surface area contributed by atoms with Crippen LogP contribution in [0.25, 0.3) is 0 Å². The Morgan fingerprint density at radius 2 is 2.20 bits per heavy atom. The zero-order valence-corrected chi connectivity index (χ0v) is 12.0. The van der Waals surface area contributed by atoms with E-state index in [1.807, 2.05) is 18.2 Å². The standard InChI is InChI=1S/C16H21NO3/c1-12(2)10-17-16(18)6-4-3-5-13-7-8-14-15(9-13)20-11-19-14/h3-6,9,12H,7-8,10-11H2,1-2H3,(H,17,18)/b5-3+,6-4+. The summed E-state index contributed by atoms with van der Waals surface area (Å²) < 4.78 is 10.7. The number of carbonyl (C=O) groups is 1. The Kier molecular flexibility index (Phi) is 5.04. The molecule has 2 rings (SSSR count). The second-order valence-electron chi connectivity index (χ2n) is 5.27. The van der Waals surface area contributed by atoms with Crippen LogP contribution in [0.2, 0.25) is 0 Å². The van der Waals surface area contributed by atoms with Crippen molar-refractivity contribution in [2.24, 2.45) is 5.92 Å². The molecule has 0 saturated carbocycles. The number of hydrogen-bond acceptors (Lipinski definition) is 3. The average Bonchev–Trinajstić information content (AvgIpc) is 2.88. The zero-order valence-electron chi connectivity index (χ0n) is 12.0. The van der Waals surface area contributed by atoms with Gasteiger partial charge in [-0.25, -0.2) is 0 Å². The fourth-order valence-corrected chi connectivity index (χ4v) is 1.95. The molecule has 1 N–H and O–H groups in total. The Hall–Kier alpha value is -1.97. The number of allylic oxidation sites excluding steroid dienone is 6. The van der Waals surface area contributed by atoms with E-state index in [1.54, 1.807) is 12.2 Å². The van der Waals surface area contributed by atoms with Crippen LogP contribution in [0.5, 0.6) is 0 Å². The van der Waals surface area contributed by atoms with Crippen LogP contribution in [-0.4, -0.2) is 19.2 Å². The molecule has 2 aliphatic rings. The topological polar surface area (TPSA) is 47.6 Å². The maximum Gasteiger partial charge on any atom is 0.243 e. The summed E-state index contributed by atoms with van der Waals surface area (Å²) in [5.41, 5.74) is 1.18. The molecule has 0 aromatic carbocycles. The van der Waals surface area contributed by atoms with Crippen molar-refractivity contribution in [1.82, 2.24) is 5.32 Å². The Morgan fingerprint density at radius 1 is 1.35 bits per heavy atom. The highest BCUT2D eigenvalue weighted by atomic mass is 16.7. The number of ether oxygens (including phenoxy) is 2. The molecule has 1 aliphatic heterocycles. The minimum atomic E-state index is -0.0569. The van der Waals surface area contributed by atoms with Gasteiger partial charge in [0.15, 0.2) is 5.76 Å². The molecule has 0 atom stereocenters. The van der Waals surface area contributed by atoms with Crippen molar-refractivity contribution in [2.75, 3.05) is 13.3 Å². The van der Waals surface area contributed by atoms with E-state index in [4.69, 9.17) is 9.47 Å². The Bertz CT molecular complexity index is 484. The average molecular weight is 275 g/mol. The number of nitrogens with one attached hydrogen (secondary N) is 1. The Morgan fingerprint density at radius 3 is 3.00 bits per heavy atom. The van der Waals surface area contributed by atoms with Gasteiger partial charge in [-0.1, -0.05) is 32.1 Å². The molecule has 0 saturated heterocycles. The van der Waals surface area contributed by atoms with E-state index >= 15 is 0 Å². The fourth-order valence-electron chi connectivity index (χ4n) is 1.95. The molecular weight excluding hydrogens is 254 g/mol. The van der Waals surface area contributed by atoms with Crippen LogP contribution in [0, 0.1) is 5.92 Å². The predicted molar refractivity (Wildman–Crippen MR) is 77.5 cm³/mol. The number of rotatable bonds is 5. The number of amides is 1. The molecule has 1 heterocycles. The summed E-state index contributed by atoms with van der Waals surface area (Å²) in [6, 6.07) is 0. The highest BCUT2D eigenvalue weighted by Gasteiger charge is 2.19. The van der Waals surface area contributed by atoms with Crippen LogP contribution < -0.4 is 5.32 Å². The van der Waals surface area contributed by atoms with Crippen LogP contribution in [0.3, 0.4) is 0 Å². The molecule has 0 fully saturated rings. The van der Waals surface area contributed by atoms with Crippen molar-refractivity contribution >= 4 is 5.91 Å². The molecule has 4 nitrogen and oxygen atoms in total. The second kappa shape index (κ2) is 6.98. The highest BCUT2D eigenvalue weighted by Crippen LogP contribution is 2.29. The largest absolute Gasteiger partial charge is 0.458 e. The molecule has 0 spiro atoms. The molecule has 0 unspecified atom stereocenters. The van der Waals surface area contributed by atoms with Gasteiger partial charge in [0.25, 0.3) is 0 Å². The molecule has 0 aromatic rings. The maximum absolute atomic E-state index is 11.5. The normalized spacial score (nSPS) is 18.2. The van der Waals surface area contributed by atoms with E-state index in [2.05, 4.69) is 19.2 Å². The summed E-state index contributed by atoms with van der Waals surface area (Å²) in [7, 11) is 0. The van der Waals surface area contributed by atoms with Crippen LogP contribution >= 0.6 is 0 Å². The van der Waals surface area contributed by atoms with Gasteiger partial charge >= 0.3 is 0 Å². The van der Waals surface area contributed by atoms with E-state index in [9.17, 15) is 4.79 Å². The smallest absolute Gasteiger partial charge is 0.243 e. The van der Waals surface area contributed by atoms with E-state index < -0.39 is 0 Å². The summed E-state index contributed by atoms with van der Waals surface area (Å²) in [6.45, 7) is 5.16. The minimum Gasteiger partial charge on any atom is -0.458 e. The lowest BCUT2D eigenvalue weighted by Crippen LogP contribution is -2.25. The van der Waals surface area contributed by atoms with Crippen molar-refractivity contribution in [3.05, 3.63) is 47.5 Å². The fraction of sp³-hybridized carbons (Fsp3) is 0.438. The van der Waals surface area contributed by atoms with Gasteiger partial charge in [-0.15, -0.1) is 0 Å². The third-order valence-electron chi connectivity index (χ3n) is 3.03. The summed E-state index contributed by atoms with van der Waals surface area (Å²) >= 11 is 0. The van der Waals surface area contributed by atoms with Gasteiger partial charge in [-0.3, -0.25) is 4.79 Å². The third kappa shape index (κ3) is 4.30. The van der Waals surface area contributed by atoms with Crippen LogP contribution in [-0.2, 0) is 14.3 Å². The van der Waals surface area contributed by atoms with Gasteiger partial charge in [-0.05, 0) is 24.0 Å². The quantitative estimate of drug-likeness (QED) is 0.620. The zero-order chi connectivity index (χ0) is 14.4. The summed E-state index contributed by atoms with van der Waals surface area (Å²) in [6.07, 6.45) is 11.0. The van der Waals surface area contributed by atoms with Crippen molar-refractivity contribution in [3.8, 4) is 0 Å². The van der Waals surface area contributed by atoms with Crippen molar-refractivity contribution in [1.29, 1.82) is 0 Å². The summed E-state index contributed by atoms with van der Waals surface area (Å²) in [4.78, 5) is 11.5. The molecule has 1 aliphatic carbocycles. The minimum absolute atomic E-state index is 0.0569. The highest BCUT2D eigenvalue weighted by molar-refractivity contribution is 5.87. The van der Waals surface area contributed by atoms with Gasteiger partial charge in [-0.2, -0.15) is 0 Å². The summed E-state index contributed by atoms with van der Waals surface area (Å²) in [5.74, 6) is 2.20. The lowest BCUT2D eigenvalue weighted by atomic mass is 10.0. The molecular formula is C16H21NO3. The second-order valence-corrected chi connectivity index (χ2v) is 5.27. The molecule has 20 heavy (non-hydrogen) atoms. The van der Waals surface area contributed by atoms with Gasteiger partial charge in [0, 0.05) is 19.0 Å². The first-order chi connectivity index (χ1) is 9.65. The molecule has 108 valence electrons. The molecule has 0 radical (unpaired) electrons. The van der Waals surface area contributed by atoms with Gasteiger partial charge in [0.05, 0.1) is 0 Å². The molecule has 0 aromatic heterocycles. The van der Waals surface area contributed by atoms with Crippen LogP contribution in [0.15, 0.2) is 47.5 Å². The van der Waals surface area contributed by atoms with E-state index in [0.29, 0.717) is 19.3 Å². The molecule has 0 bridgehead atoms. The van der Waals surface area contributed by atoms with Crippen molar-refractivity contribution in [3.63, 3.8) is 0 Å². The predicted octanol–water partition coefficient (Wildman–Crippen LogP) is 2.81. The lowest BCUT2D eigenvalue weighted by Gasteiger charge is -2.08. The van der Waals surface area contributed by atoms with E-state index in [-0.39, 0.29) is 5.91 Å². The van der Waals surface area contributed by atoms with Crippen LogP contribution in [0.1, 0.15) is 26.7 Å². The van der Waals surface area contributed by atoms with Gasteiger partial charge in [0.2, 0.25) is 12.7 Å². The first-order valence-electron chi connectivity index (χ1n) is 6.97. The third-order valence-corrected chi connectivity index (χ3v) is 3.03. The molecule has 4 heteroatoms. The first-order valence-corrected chi connectivity index (χ1v) is 6.97. The van der Waals surface area contributed by atoms with Gasteiger partial charge < -0.3 is 14.8 Å². The lowest BCUT2D eigenvalue weighted by molar-refractivity contribution is -0.116. The summed E-state index contributed by atoms with van der Waals surface area (Å²) in [5, 5.41) is 2.83. The van der Waals surface area contributed by atoms with E-state index in [1.165, 1.54) is 5.57 Å². The van der Waals surface area contributed by atoms with E-state index in [0.717, 1.165) is 24.4 Å². The first kappa shape index (κ1) is 14.4.